The van der Waals surface area contributed by atoms with Crippen LogP contribution >= 0.6 is 0 Å². The number of carbonyl (C=O) groups excluding carboxylic acids is 1. The minimum atomic E-state index is -0.0446. The molecule has 0 bridgehead atoms. The molecule has 1 atom stereocenters. The van der Waals surface area contributed by atoms with E-state index in [2.05, 4.69) is 26.1 Å². The number of nitrogens with one attached hydrogen (secondary N) is 1. The molecule has 0 heterocycles. The molecule has 0 radical (unpaired) electrons. The third-order valence-electron chi connectivity index (χ3n) is 3.02. The minimum Gasteiger partial charge on any atom is -0.350 e. The monoisotopic (exact) mass is 248 g/mol. The number of amides is 1. The smallest absolute Gasteiger partial charge is 0.251 e. The SMILES string of the molecule is CCCC(N)CNC(=O)c1ccc(C(C)C)cc1. The molecule has 100 valence electrons. The van der Waals surface area contributed by atoms with Gasteiger partial charge in [0.15, 0.2) is 0 Å². The van der Waals surface area contributed by atoms with Crippen LogP contribution in [0.2, 0.25) is 0 Å². The Morgan fingerprint density at radius 3 is 2.39 bits per heavy atom. The zero-order valence-electron chi connectivity index (χ0n) is 11.6. The van der Waals surface area contributed by atoms with Crippen molar-refractivity contribution in [1.82, 2.24) is 5.32 Å². The molecule has 0 saturated heterocycles. The van der Waals surface area contributed by atoms with Crippen molar-refractivity contribution < 1.29 is 4.79 Å². The van der Waals surface area contributed by atoms with Crippen molar-refractivity contribution in [3.63, 3.8) is 0 Å². The molecule has 3 heteroatoms. The highest BCUT2D eigenvalue weighted by molar-refractivity contribution is 5.94. The molecule has 0 aromatic heterocycles. The van der Waals surface area contributed by atoms with Gasteiger partial charge in [-0.05, 0) is 30.0 Å². The lowest BCUT2D eigenvalue weighted by molar-refractivity contribution is 0.0950. The number of hydrogen-bond donors (Lipinski definition) is 2. The number of rotatable bonds is 6. The number of nitrogens with two attached hydrogens (primary N) is 1. The summed E-state index contributed by atoms with van der Waals surface area (Å²) in [6.45, 7) is 6.91. The zero-order valence-corrected chi connectivity index (χ0v) is 11.6. The van der Waals surface area contributed by atoms with Gasteiger partial charge in [-0.1, -0.05) is 39.3 Å². The third kappa shape index (κ3) is 4.49. The molecule has 0 saturated carbocycles. The summed E-state index contributed by atoms with van der Waals surface area (Å²) in [6, 6.07) is 7.80. The Hall–Kier alpha value is -1.35. The molecule has 1 aromatic carbocycles. The number of benzene rings is 1. The summed E-state index contributed by atoms with van der Waals surface area (Å²) < 4.78 is 0. The second kappa shape index (κ2) is 7.17. The van der Waals surface area contributed by atoms with E-state index in [4.69, 9.17) is 5.73 Å². The van der Waals surface area contributed by atoms with Crippen molar-refractivity contribution >= 4 is 5.91 Å². The second-order valence-corrected chi connectivity index (χ2v) is 5.04. The average molecular weight is 248 g/mol. The Morgan fingerprint density at radius 1 is 1.28 bits per heavy atom. The normalized spacial score (nSPS) is 12.5. The Morgan fingerprint density at radius 2 is 1.89 bits per heavy atom. The van der Waals surface area contributed by atoms with Gasteiger partial charge >= 0.3 is 0 Å². The zero-order chi connectivity index (χ0) is 13.5. The van der Waals surface area contributed by atoms with Crippen molar-refractivity contribution in [3.8, 4) is 0 Å². The van der Waals surface area contributed by atoms with E-state index < -0.39 is 0 Å². The van der Waals surface area contributed by atoms with Crippen LogP contribution in [0.3, 0.4) is 0 Å². The van der Waals surface area contributed by atoms with Gasteiger partial charge in [0, 0.05) is 18.2 Å². The lowest BCUT2D eigenvalue weighted by atomic mass is 10.0. The highest BCUT2D eigenvalue weighted by Crippen LogP contribution is 2.14. The fourth-order valence-corrected chi connectivity index (χ4v) is 1.82. The van der Waals surface area contributed by atoms with Crippen LogP contribution in [0.15, 0.2) is 24.3 Å². The maximum absolute atomic E-state index is 11.9. The molecule has 1 unspecified atom stereocenters. The van der Waals surface area contributed by atoms with Crippen LogP contribution in [0.4, 0.5) is 0 Å². The van der Waals surface area contributed by atoms with Crippen LogP contribution < -0.4 is 11.1 Å². The summed E-state index contributed by atoms with van der Waals surface area (Å²) in [5.41, 5.74) is 7.80. The quantitative estimate of drug-likeness (QED) is 0.813. The molecule has 1 amide bonds. The van der Waals surface area contributed by atoms with E-state index in [0.29, 0.717) is 18.0 Å². The second-order valence-electron chi connectivity index (χ2n) is 5.04. The fourth-order valence-electron chi connectivity index (χ4n) is 1.82. The standard InChI is InChI=1S/C15H24N2O/c1-4-5-14(16)10-17-15(18)13-8-6-12(7-9-13)11(2)3/h6-9,11,14H,4-5,10,16H2,1-3H3,(H,17,18). The summed E-state index contributed by atoms with van der Waals surface area (Å²) in [5.74, 6) is 0.442. The lowest BCUT2D eigenvalue weighted by Crippen LogP contribution is -2.37. The van der Waals surface area contributed by atoms with E-state index >= 15 is 0 Å². The van der Waals surface area contributed by atoms with Crippen LogP contribution in [0.25, 0.3) is 0 Å². The lowest BCUT2D eigenvalue weighted by Gasteiger charge is -2.12. The number of hydrogen-bond acceptors (Lipinski definition) is 2. The molecule has 1 aromatic rings. The van der Waals surface area contributed by atoms with E-state index in [1.807, 2.05) is 24.3 Å². The summed E-state index contributed by atoms with van der Waals surface area (Å²) in [6.07, 6.45) is 1.98. The molecule has 3 N–H and O–H groups in total. The van der Waals surface area contributed by atoms with Gasteiger partial charge in [-0.2, -0.15) is 0 Å². The van der Waals surface area contributed by atoms with Gasteiger partial charge in [0.05, 0.1) is 0 Å². The maximum Gasteiger partial charge on any atom is 0.251 e. The highest BCUT2D eigenvalue weighted by atomic mass is 16.1. The molecular weight excluding hydrogens is 224 g/mol. The molecular formula is C15H24N2O. The van der Waals surface area contributed by atoms with E-state index in [-0.39, 0.29) is 11.9 Å². The van der Waals surface area contributed by atoms with Crippen molar-refractivity contribution in [1.29, 1.82) is 0 Å². The van der Waals surface area contributed by atoms with Gasteiger partial charge in [-0.3, -0.25) is 4.79 Å². The maximum atomic E-state index is 11.9. The van der Waals surface area contributed by atoms with Crippen LogP contribution in [0, 0.1) is 0 Å². The van der Waals surface area contributed by atoms with Crippen LogP contribution in [0.5, 0.6) is 0 Å². The summed E-state index contributed by atoms with van der Waals surface area (Å²) in [5, 5.41) is 2.87. The van der Waals surface area contributed by atoms with Crippen LogP contribution in [-0.2, 0) is 0 Å². The molecule has 0 aliphatic carbocycles. The molecule has 0 aliphatic heterocycles. The first-order valence-electron chi connectivity index (χ1n) is 6.68. The van der Waals surface area contributed by atoms with E-state index in [9.17, 15) is 4.79 Å². The molecule has 3 nitrogen and oxygen atoms in total. The third-order valence-corrected chi connectivity index (χ3v) is 3.02. The van der Waals surface area contributed by atoms with Crippen molar-refractivity contribution in [3.05, 3.63) is 35.4 Å². The first kappa shape index (κ1) is 14.7. The predicted octanol–water partition coefficient (Wildman–Crippen LogP) is 2.67. The van der Waals surface area contributed by atoms with Gasteiger partial charge in [-0.25, -0.2) is 0 Å². The Labute approximate surface area is 110 Å². The Balaban J connectivity index is 2.51. The minimum absolute atomic E-state index is 0.0446. The summed E-state index contributed by atoms with van der Waals surface area (Å²) in [7, 11) is 0. The van der Waals surface area contributed by atoms with E-state index in [0.717, 1.165) is 12.8 Å². The summed E-state index contributed by atoms with van der Waals surface area (Å²) >= 11 is 0. The first-order valence-corrected chi connectivity index (χ1v) is 6.68. The number of carbonyl (C=O) groups is 1. The first-order chi connectivity index (χ1) is 8.54. The molecule has 18 heavy (non-hydrogen) atoms. The largest absolute Gasteiger partial charge is 0.350 e. The Bertz CT molecular complexity index is 371. The topological polar surface area (TPSA) is 55.1 Å². The fraction of sp³-hybridized carbons (Fsp3) is 0.533. The van der Waals surface area contributed by atoms with Gasteiger partial charge in [0.1, 0.15) is 0 Å². The van der Waals surface area contributed by atoms with Crippen molar-refractivity contribution in [2.75, 3.05) is 6.54 Å². The molecule has 1 rings (SSSR count). The predicted molar refractivity (Wildman–Crippen MR) is 75.7 cm³/mol. The van der Waals surface area contributed by atoms with Gasteiger partial charge < -0.3 is 11.1 Å². The van der Waals surface area contributed by atoms with Gasteiger partial charge in [-0.15, -0.1) is 0 Å². The molecule has 0 aliphatic rings. The molecule has 0 spiro atoms. The van der Waals surface area contributed by atoms with Crippen LogP contribution in [0.1, 0.15) is 55.5 Å². The molecule has 0 fully saturated rings. The average Bonchev–Trinajstić information content (AvgIpc) is 2.36. The van der Waals surface area contributed by atoms with Crippen molar-refractivity contribution in [2.24, 2.45) is 5.73 Å². The van der Waals surface area contributed by atoms with Crippen LogP contribution in [-0.4, -0.2) is 18.5 Å². The van der Waals surface area contributed by atoms with E-state index in [1.165, 1.54) is 5.56 Å². The summed E-state index contributed by atoms with van der Waals surface area (Å²) in [4.78, 5) is 11.9. The highest BCUT2D eigenvalue weighted by Gasteiger charge is 2.08. The van der Waals surface area contributed by atoms with E-state index in [1.54, 1.807) is 0 Å². The van der Waals surface area contributed by atoms with Gasteiger partial charge in [0.2, 0.25) is 0 Å². The van der Waals surface area contributed by atoms with Crippen molar-refractivity contribution in [2.45, 2.75) is 45.6 Å². The van der Waals surface area contributed by atoms with Gasteiger partial charge in [0.25, 0.3) is 5.91 Å². The Kier molecular flexibility index (Phi) is 5.86.